The van der Waals surface area contributed by atoms with Gasteiger partial charge in [0.05, 0.1) is 0 Å². The normalized spacial score (nSPS) is 21.4. The third-order valence-electron chi connectivity index (χ3n) is 2.56. The number of rotatable bonds is 4. The zero-order valence-corrected chi connectivity index (χ0v) is 9.86. The maximum Gasteiger partial charge on any atom is 0.401 e. The van der Waals surface area contributed by atoms with E-state index in [1.807, 2.05) is 4.90 Å². The summed E-state index contributed by atoms with van der Waals surface area (Å²) in [4.78, 5) is 1.84. The highest BCUT2D eigenvalue weighted by Gasteiger charge is 2.41. The predicted molar refractivity (Wildman–Crippen MR) is 59.9 cm³/mol. The lowest BCUT2D eigenvalue weighted by atomic mass is 10.1. The van der Waals surface area contributed by atoms with Gasteiger partial charge in [-0.25, -0.2) is 0 Å². The first-order valence-electron chi connectivity index (χ1n) is 5.35. The van der Waals surface area contributed by atoms with Crippen LogP contribution in [-0.4, -0.2) is 41.5 Å². The van der Waals surface area contributed by atoms with Crippen molar-refractivity contribution in [2.75, 3.05) is 19.6 Å². The molecular weight excluding hydrogens is 239 g/mol. The van der Waals surface area contributed by atoms with E-state index in [1.54, 1.807) is 0 Å². The molecular formula is C9H18F3N3S. The minimum Gasteiger partial charge on any atom is -0.307 e. The van der Waals surface area contributed by atoms with Crippen LogP contribution < -0.4 is 11.5 Å². The lowest BCUT2D eigenvalue weighted by molar-refractivity contribution is -0.132. The van der Waals surface area contributed by atoms with Crippen molar-refractivity contribution in [1.82, 2.24) is 4.90 Å². The van der Waals surface area contributed by atoms with Gasteiger partial charge in [-0.05, 0) is 25.9 Å². The second-order valence-electron chi connectivity index (χ2n) is 3.99. The number of halogens is 3. The molecule has 4 N–H and O–H groups in total. The molecule has 1 aliphatic heterocycles. The molecule has 16 heavy (non-hydrogen) atoms. The molecule has 96 valence electrons. The highest BCUT2D eigenvalue weighted by atomic mass is 32.2. The quantitative estimate of drug-likeness (QED) is 0.746. The van der Waals surface area contributed by atoms with Crippen molar-refractivity contribution in [2.24, 2.45) is 11.5 Å². The Balaban J connectivity index is 2.48. The standard InChI is InChI=1S/C9H18F3N3S/c10-9(11,12)7(16-8(13)14)6-15-4-2-1-3-5-15/h7-8H,1-6,13-14H2/t7-/m0/s1. The lowest BCUT2D eigenvalue weighted by Gasteiger charge is -2.31. The Morgan fingerprint density at radius 2 is 1.69 bits per heavy atom. The van der Waals surface area contributed by atoms with Gasteiger partial charge in [0.1, 0.15) is 10.7 Å². The molecule has 1 heterocycles. The number of likely N-dealkylation sites (tertiary alicyclic amines) is 1. The van der Waals surface area contributed by atoms with E-state index in [0.717, 1.165) is 32.4 Å². The molecule has 0 aromatic heterocycles. The van der Waals surface area contributed by atoms with Crippen molar-refractivity contribution in [3.8, 4) is 0 Å². The van der Waals surface area contributed by atoms with Crippen LogP contribution in [0.1, 0.15) is 19.3 Å². The third kappa shape index (κ3) is 4.90. The molecule has 0 spiro atoms. The molecule has 0 saturated carbocycles. The molecule has 0 aliphatic carbocycles. The SMILES string of the molecule is NC(N)S[C@@H](CN1CCCCC1)C(F)(F)F. The van der Waals surface area contributed by atoms with Crippen molar-refractivity contribution in [3.05, 3.63) is 0 Å². The van der Waals surface area contributed by atoms with Crippen LogP contribution in [0.4, 0.5) is 13.2 Å². The fourth-order valence-corrected chi connectivity index (χ4v) is 2.62. The monoisotopic (exact) mass is 257 g/mol. The average Bonchev–Trinajstić information content (AvgIpc) is 2.16. The Morgan fingerprint density at radius 1 is 1.12 bits per heavy atom. The first-order chi connectivity index (χ1) is 7.39. The summed E-state index contributed by atoms with van der Waals surface area (Å²) in [5, 5.41) is -1.48. The van der Waals surface area contributed by atoms with Gasteiger partial charge in [0.25, 0.3) is 0 Å². The molecule has 0 unspecified atom stereocenters. The molecule has 0 aromatic carbocycles. The summed E-state index contributed by atoms with van der Waals surface area (Å²) in [6.07, 6.45) is -1.18. The molecule has 1 saturated heterocycles. The molecule has 1 atom stereocenters. The Bertz CT molecular complexity index is 205. The van der Waals surface area contributed by atoms with Crippen molar-refractivity contribution in [1.29, 1.82) is 0 Å². The number of alkyl halides is 3. The van der Waals surface area contributed by atoms with Crippen LogP contribution in [0.2, 0.25) is 0 Å². The number of nitrogens with zero attached hydrogens (tertiary/aromatic N) is 1. The highest BCUT2D eigenvalue weighted by molar-refractivity contribution is 8.00. The predicted octanol–water partition coefficient (Wildman–Crippen LogP) is 1.34. The number of nitrogens with two attached hydrogens (primary N) is 2. The van der Waals surface area contributed by atoms with Gasteiger partial charge in [-0.2, -0.15) is 13.2 Å². The number of piperidine rings is 1. The van der Waals surface area contributed by atoms with E-state index in [1.165, 1.54) is 0 Å². The van der Waals surface area contributed by atoms with Crippen LogP contribution in [0.5, 0.6) is 0 Å². The Kier molecular flexibility index (Phi) is 5.36. The first kappa shape index (κ1) is 14.1. The van der Waals surface area contributed by atoms with Crippen molar-refractivity contribution in [3.63, 3.8) is 0 Å². The highest BCUT2D eigenvalue weighted by Crippen LogP contribution is 2.32. The largest absolute Gasteiger partial charge is 0.401 e. The van der Waals surface area contributed by atoms with Gasteiger partial charge in [-0.1, -0.05) is 6.42 Å². The maximum absolute atomic E-state index is 12.7. The molecule has 3 nitrogen and oxygen atoms in total. The van der Waals surface area contributed by atoms with E-state index in [4.69, 9.17) is 11.5 Å². The summed E-state index contributed by atoms with van der Waals surface area (Å²) in [5.41, 5.74) is 9.46. The van der Waals surface area contributed by atoms with E-state index in [9.17, 15) is 13.2 Å². The van der Waals surface area contributed by atoms with Crippen LogP contribution in [0, 0.1) is 0 Å². The van der Waals surface area contributed by atoms with Gasteiger partial charge in [0.15, 0.2) is 0 Å². The van der Waals surface area contributed by atoms with Crippen LogP contribution in [0.15, 0.2) is 0 Å². The Labute approximate surface area is 97.7 Å². The molecule has 0 aromatic rings. The molecule has 0 bridgehead atoms. The summed E-state index contributed by atoms with van der Waals surface area (Å²) in [6.45, 7) is 1.49. The molecule has 7 heteroatoms. The Hall–Kier alpha value is 0.0200. The summed E-state index contributed by atoms with van der Waals surface area (Å²) in [6, 6.07) is 0. The number of hydrogen-bond donors (Lipinski definition) is 2. The van der Waals surface area contributed by atoms with Crippen molar-refractivity contribution >= 4 is 11.8 Å². The van der Waals surface area contributed by atoms with Crippen LogP contribution in [-0.2, 0) is 0 Å². The van der Waals surface area contributed by atoms with Gasteiger partial charge in [0, 0.05) is 6.54 Å². The first-order valence-corrected chi connectivity index (χ1v) is 6.29. The summed E-state index contributed by atoms with van der Waals surface area (Å²) in [5.74, 6) is 0. The molecule has 1 aliphatic rings. The van der Waals surface area contributed by atoms with E-state index in [2.05, 4.69) is 0 Å². The molecule has 1 rings (SSSR count). The molecule has 0 radical (unpaired) electrons. The van der Waals surface area contributed by atoms with Gasteiger partial charge in [-0.15, -0.1) is 11.8 Å². The second kappa shape index (κ2) is 6.09. The third-order valence-corrected chi connectivity index (χ3v) is 3.62. The number of hydrogen-bond acceptors (Lipinski definition) is 4. The topological polar surface area (TPSA) is 55.3 Å². The van der Waals surface area contributed by atoms with Crippen LogP contribution >= 0.6 is 11.8 Å². The van der Waals surface area contributed by atoms with E-state index in [0.29, 0.717) is 11.8 Å². The van der Waals surface area contributed by atoms with E-state index < -0.39 is 16.9 Å². The maximum atomic E-state index is 12.7. The smallest absolute Gasteiger partial charge is 0.307 e. The van der Waals surface area contributed by atoms with E-state index >= 15 is 0 Å². The van der Waals surface area contributed by atoms with Gasteiger partial charge < -0.3 is 16.4 Å². The molecule has 0 amide bonds. The zero-order chi connectivity index (χ0) is 12.2. The van der Waals surface area contributed by atoms with Gasteiger partial charge in [-0.3, -0.25) is 0 Å². The van der Waals surface area contributed by atoms with Gasteiger partial charge >= 0.3 is 6.18 Å². The summed E-state index contributed by atoms with van der Waals surface area (Å²) in [7, 11) is 0. The second-order valence-corrected chi connectivity index (χ2v) is 5.38. The minimum absolute atomic E-state index is 0.000926. The van der Waals surface area contributed by atoms with Crippen LogP contribution in [0.25, 0.3) is 0 Å². The van der Waals surface area contributed by atoms with Crippen LogP contribution in [0.3, 0.4) is 0 Å². The summed E-state index contributed by atoms with van der Waals surface area (Å²) < 4.78 is 38.0. The Morgan fingerprint density at radius 3 is 2.12 bits per heavy atom. The fourth-order valence-electron chi connectivity index (χ4n) is 1.79. The zero-order valence-electron chi connectivity index (χ0n) is 9.04. The fraction of sp³-hybridized carbons (Fsp3) is 1.00. The molecule has 1 fully saturated rings. The average molecular weight is 257 g/mol. The van der Waals surface area contributed by atoms with Crippen molar-refractivity contribution in [2.45, 2.75) is 36.2 Å². The number of thioether (sulfide) groups is 1. The lowest BCUT2D eigenvalue weighted by Crippen LogP contribution is -2.44. The minimum atomic E-state index is -4.24. The van der Waals surface area contributed by atoms with Crippen molar-refractivity contribution < 1.29 is 13.2 Å². The van der Waals surface area contributed by atoms with E-state index in [-0.39, 0.29) is 6.54 Å². The van der Waals surface area contributed by atoms with Gasteiger partial charge in [0.2, 0.25) is 0 Å². The summed E-state index contributed by atoms with van der Waals surface area (Å²) >= 11 is 0.589.